The van der Waals surface area contributed by atoms with Crippen LogP contribution >= 0.6 is 0 Å². The van der Waals surface area contributed by atoms with Crippen molar-refractivity contribution in [3.05, 3.63) is 65.7 Å². The van der Waals surface area contributed by atoms with Crippen LogP contribution in [0.25, 0.3) is 0 Å². The highest BCUT2D eigenvalue weighted by Gasteiger charge is 2.29. The molecule has 1 atom stereocenters. The number of anilines is 1. The number of amides is 2. The quantitative estimate of drug-likeness (QED) is 0.660. The molecular formula is C22H29N3O4S. The average molecular weight is 432 g/mol. The van der Waals surface area contributed by atoms with E-state index in [9.17, 15) is 18.0 Å². The molecule has 8 heteroatoms. The molecule has 1 N–H and O–H groups in total. The predicted molar refractivity (Wildman–Crippen MR) is 119 cm³/mol. The number of benzene rings is 2. The molecule has 0 aliphatic carbocycles. The normalized spacial score (nSPS) is 12.1. The van der Waals surface area contributed by atoms with Gasteiger partial charge in [-0.25, -0.2) is 8.42 Å². The molecule has 0 saturated carbocycles. The van der Waals surface area contributed by atoms with E-state index in [1.54, 1.807) is 38.1 Å². The van der Waals surface area contributed by atoms with Crippen molar-refractivity contribution in [3.63, 3.8) is 0 Å². The van der Waals surface area contributed by atoms with Gasteiger partial charge in [-0.05, 0) is 38.5 Å². The third-order valence-electron chi connectivity index (χ3n) is 4.72. The van der Waals surface area contributed by atoms with E-state index in [0.29, 0.717) is 12.2 Å². The maximum atomic E-state index is 13.2. The Labute approximate surface area is 178 Å². The lowest BCUT2D eigenvalue weighted by Crippen LogP contribution is -2.51. The molecule has 0 bridgehead atoms. The van der Waals surface area contributed by atoms with Gasteiger partial charge in [-0.2, -0.15) is 0 Å². The van der Waals surface area contributed by atoms with E-state index in [2.05, 4.69) is 5.32 Å². The Balaban J connectivity index is 2.34. The van der Waals surface area contributed by atoms with E-state index in [0.717, 1.165) is 21.7 Å². The van der Waals surface area contributed by atoms with Gasteiger partial charge in [0.1, 0.15) is 12.6 Å². The molecule has 7 nitrogen and oxygen atoms in total. The first-order valence-corrected chi connectivity index (χ1v) is 11.6. The number of carbonyl (C=O) groups excluding carboxylic acids is 2. The van der Waals surface area contributed by atoms with E-state index >= 15 is 0 Å². The number of sulfonamides is 1. The molecule has 0 spiro atoms. The van der Waals surface area contributed by atoms with E-state index in [-0.39, 0.29) is 12.5 Å². The van der Waals surface area contributed by atoms with Gasteiger partial charge in [0.05, 0.1) is 11.9 Å². The molecule has 0 radical (unpaired) electrons. The summed E-state index contributed by atoms with van der Waals surface area (Å²) in [4.78, 5) is 27.1. The smallest absolute Gasteiger partial charge is 0.244 e. The minimum Gasteiger partial charge on any atom is -0.355 e. The number of hydrogen-bond donors (Lipinski definition) is 1. The van der Waals surface area contributed by atoms with Gasteiger partial charge in [-0.15, -0.1) is 0 Å². The van der Waals surface area contributed by atoms with Crippen LogP contribution in [-0.4, -0.2) is 50.5 Å². The lowest BCUT2D eigenvalue weighted by Gasteiger charge is -2.31. The lowest BCUT2D eigenvalue weighted by atomic mass is 10.1. The molecule has 2 aromatic carbocycles. The zero-order chi connectivity index (χ0) is 22.3. The fourth-order valence-corrected chi connectivity index (χ4v) is 3.86. The zero-order valence-corrected chi connectivity index (χ0v) is 18.6. The van der Waals surface area contributed by atoms with Crippen molar-refractivity contribution in [1.29, 1.82) is 0 Å². The van der Waals surface area contributed by atoms with Crippen LogP contribution in [0.1, 0.15) is 25.0 Å². The molecule has 2 amide bonds. The second-order valence-electron chi connectivity index (χ2n) is 7.18. The van der Waals surface area contributed by atoms with Gasteiger partial charge in [0, 0.05) is 13.1 Å². The van der Waals surface area contributed by atoms with Gasteiger partial charge in [-0.1, -0.05) is 48.0 Å². The van der Waals surface area contributed by atoms with Crippen LogP contribution in [0.2, 0.25) is 0 Å². The Bertz CT molecular complexity index is 960. The van der Waals surface area contributed by atoms with E-state index < -0.39 is 28.5 Å². The molecule has 2 aromatic rings. The summed E-state index contributed by atoms with van der Waals surface area (Å²) in [7, 11) is -3.70. The highest BCUT2D eigenvalue weighted by Crippen LogP contribution is 2.19. The molecule has 0 saturated heterocycles. The summed E-state index contributed by atoms with van der Waals surface area (Å²) >= 11 is 0. The van der Waals surface area contributed by atoms with Gasteiger partial charge in [0.2, 0.25) is 21.8 Å². The Morgan fingerprint density at radius 3 is 2.17 bits per heavy atom. The van der Waals surface area contributed by atoms with Crippen LogP contribution < -0.4 is 9.62 Å². The van der Waals surface area contributed by atoms with Crippen molar-refractivity contribution in [3.8, 4) is 0 Å². The third kappa shape index (κ3) is 6.32. The summed E-state index contributed by atoms with van der Waals surface area (Å²) in [5, 5.41) is 2.72. The van der Waals surface area contributed by atoms with Crippen molar-refractivity contribution in [2.24, 2.45) is 0 Å². The van der Waals surface area contributed by atoms with Crippen LogP contribution in [-0.2, 0) is 26.2 Å². The first-order chi connectivity index (χ1) is 14.1. The molecule has 162 valence electrons. The summed E-state index contributed by atoms with van der Waals surface area (Å²) in [5.74, 6) is -0.744. The highest BCUT2D eigenvalue weighted by atomic mass is 32.2. The monoisotopic (exact) mass is 431 g/mol. The number of likely N-dealkylation sites (N-methyl/N-ethyl adjacent to an activating group) is 1. The number of hydrogen-bond acceptors (Lipinski definition) is 4. The Morgan fingerprint density at radius 2 is 1.63 bits per heavy atom. The topological polar surface area (TPSA) is 86.8 Å². The predicted octanol–water partition coefficient (Wildman–Crippen LogP) is 2.31. The number of rotatable bonds is 9. The number of aryl methyl sites for hydroxylation is 1. The van der Waals surface area contributed by atoms with Crippen LogP contribution in [0.15, 0.2) is 54.6 Å². The van der Waals surface area contributed by atoms with Gasteiger partial charge in [0.25, 0.3) is 0 Å². The molecule has 0 aliphatic rings. The second-order valence-corrected chi connectivity index (χ2v) is 9.09. The fraction of sp³-hybridized carbons (Fsp3) is 0.364. The van der Waals surface area contributed by atoms with Crippen LogP contribution in [0, 0.1) is 6.92 Å². The maximum Gasteiger partial charge on any atom is 0.244 e. The summed E-state index contributed by atoms with van der Waals surface area (Å²) in [5.41, 5.74) is 2.24. The molecule has 0 unspecified atom stereocenters. The van der Waals surface area contributed by atoms with Gasteiger partial charge in [0.15, 0.2) is 0 Å². The minimum atomic E-state index is -3.70. The van der Waals surface area contributed by atoms with E-state index in [4.69, 9.17) is 0 Å². The molecule has 2 rings (SSSR count). The number of carbonyl (C=O) groups is 2. The van der Waals surface area contributed by atoms with Crippen LogP contribution in [0.3, 0.4) is 0 Å². The van der Waals surface area contributed by atoms with Crippen molar-refractivity contribution >= 4 is 27.5 Å². The molecule has 0 aromatic heterocycles. The fourth-order valence-electron chi connectivity index (χ4n) is 3.01. The summed E-state index contributed by atoms with van der Waals surface area (Å²) in [6.45, 7) is 5.59. The van der Waals surface area contributed by atoms with E-state index in [1.807, 2.05) is 37.3 Å². The summed E-state index contributed by atoms with van der Waals surface area (Å²) in [6, 6.07) is 15.4. The Morgan fingerprint density at radius 1 is 1.03 bits per heavy atom. The van der Waals surface area contributed by atoms with Crippen molar-refractivity contribution in [2.45, 2.75) is 33.4 Å². The van der Waals surface area contributed by atoms with Crippen LogP contribution in [0.5, 0.6) is 0 Å². The van der Waals surface area contributed by atoms with Crippen molar-refractivity contribution < 1.29 is 18.0 Å². The first-order valence-electron chi connectivity index (χ1n) is 9.79. The molecule has 0 fully saturated rings. The minimum absolute atomic E-state index is 0.198. The third-order valence-corrected chi connectivity index (χ3v) is 5.86. The van der Waals surface area contributed by atoms with Gasteiger partial charge >= 0.3 is 0 Å². The zero-order valence-electron chi connectivity index (χ0n) is 17.8. The van der Waals surface area contributed by atoms with Crippen LogP contribution in [0.4, 0.5) is 5.69 Å². The number of nitrogens with one attached hydrogen (secondary N) is 1. The Hall–Kier alpha value is -2.87. The largest absolute Gasteiger partial charge is 0.355 e. The van der Waals surface area contributed by atoms with E-state index in [1.165, 1.54) is 4.90 Å². The highest BCUT2D eigenvalue weighted by molar-refractivity contribution is 7.92. The maximum absolute atomic E-state index is 13.2. The summed E-state index contributed by atoms with van der Waals surface area (Å²) in [6.07, 6.45) is 1.06. The Kier molecular flexibility index (Phi) is 8.00. The first kappa shape index (κ1) is 23.4. The molecule has 0 aliphatic heterocycles. The lowest BCUT2D eigenvalue weighted by molar-refractivity contribution is -0.139. The molecule has 30 heavy (non-hydrogen) atoms. The second kappa shape index (κ2) is 10.2. The standard InChI is InChI=1S/C22H29N3O4S/c1-5-23-22(27)18(3)24(15-19-9-7-6-8-10-19)21(26)16-25(30(4,28)29)20-13-11-17(2)12-14-20/h6-14,18H,5,15-16H2,1-4H3,(H,23,27)/t18-/m0/s1. The van der Waals surface area contributed by atoms with Gasteiger partial charge < -0.3 is 10.2 Å². The number of nitrogens with zero attached hydrogens (tertiary/aromatic N) is 2. The average Bonchev–Trinajstić information content (AvgIpc) is 2.70. The van der Waals surface area contributed by atoms with Gasteiger partial charge in [-0.3, -0.25) is 13.9 Å². The summed E-state index contributed by atoms with van der Waals surface area (Å²) < 4.78 is 25.9. The van der Waals surface area contributed by atoms with Crippen molar-refractivity contribution in [1.82, 2.24) is 10.2 Å². The SMILES string of the molecule is CCNC(=O)[C@H](C)N(Cc1ccccc1)C(=O)CN(c1ccc(C)cc1)S(C)(=O)=O. The van der Waals surface area contributed by atoms with Crippen molar-refractivity contribution in [2.75, 3.05) is 23.7 Å². The molecule has 0 heterocycles. The molecular weight excluding hydrogens is 402 g/mol.